The van der Waals surface area contributed by atoms with E-state index in [9.17, 15) is 4.79 Å². The molecule has 0 fully saturated rings. The molecule has 1 amide bonds. The van der Waals surface area contributed by atoms with Crippen molar-refractivity contribution in [1.82, 2.24) is 14.9 Å². The zero-order valence-corrected chi connectivity index (χ0v) is 18.5. The molecule has 1 aliphatic rings. The van der Waals surface area contributed by atoms with E-state index < -0.39 is 18.1 Å². The lowest BCUT2D eigenvalue weighted by Gasteiger charge is -2.15. The average Bonchev–Trinajstić information content (AvgIpc) is 3.38. The first-order chi connectivity index (χ1) is 17.1. The molecule has 0 aliphatic carbocycles. The fourth-order valence-electron chi connectivity index (χ4n) is 3.69. The number of carbonyl (C=O) groups is 1. The van der Waals surface area contributed by atoms with Crippen molar-refractivity contribution in [1.29, 1.82) is 10.8 Å². The number of aliphatic imine (C=N–C) groups is 1. The minimum absolute atomic E-state index is 0.232. The van der Waals surface area contributed by atoms with Crippen LogP contribution in [0, 0.1) is 10.8 Å². The molecular weight excluding hydrogens is 442 g/mol. The van der Waals surface area contributed by atoms with Crippen molar-refractivity contribution in [3.63, 3.8) is 0 Å². The molecule has 1 aromatic heterocycles. The second-order valence-corrected chi connectivity index (χ2v) is 7.70. The van der Waals surface area contributed by atoms with E-state index in [1.807, 2.05) is 71.4 Å². The van der Waals surface area contributed by atoms with Gasteiger partial charge in [-0.05, 0) is 30.3 Å². The monoisotopic (exact) mass is 463 g/mol. The third-order valence-electron chi connectivity index (χ3n) is 5.40. The summed E-state index contributed by atoms with van der Waals surface area (Å²) < 4.78 is 7.20. The molecule has 1 atom stereocenters. The lowest BCUT2D eigenvalue weighted by atomic mass is 10.0. The Morgan fingerprint density at radius 2 is 1.71 bits per heavy atom. The summed E-state index contributed by atoms with van der Waals surface area (Å²) in [4.78, 5) is 21.5. The number of hydrogen-bond donors (Lipinski definition) is 4. The fourth-order valence-corrected chi connectivity index (χ4v) is 3.69. The number of imidazole rings is 1. The van der Waals surface area contributed by atoms with Gasteiger partial charge in [0.1, 0.15) is 0 Å². The summed E-state index contributed by atoms with van der Waals surface area (Å²) in [7, 11) is 0. The number of rotatable bonds is 4. The number of amides is 1. The summed E-state index contributed by atoms with van der Waals surface area (Å²) >= 11 is 0. The zero-order valence-electron chi connectivity index (χ0n) is 18.5. The van der Waals surface area contributed by atoms with E-state index in [-0.39, 0.29) is 5.90 Å². The summed E-state index contributed by atoms with van der Waals surface area (Å²) in [6.45, 7) is 0. The van der Waals surface area contributed by atoms with Crippen LogP contribution < -0.4 is 10.6 Å². The highest BCUT2D eigenvalue weighted by atomic mass is 16.5. The number of benzene rings is 3. The number of anilines is 1. The van der Waals surface area contributed by atoms with Crippen LogP contribution in [0.3, 0.4) is 0 Å². The number of aromatic nitrogens is 2. The second-order valence-electron chi connectivity index (χ2n) is 7.70. The van der Waals surface area contributed by atoms with E-state index >= 15 is 0 Å². The number of fused-ring (bicyclic) bond motifs is 1. The summed E-state index contributed by atoms with van der Waals surface area (Å²) in [5, 5.41) is 22.0. The van der Waals surface area contributed by atoms with Gasteiger partial charge in [0, 0.05) is 34.8 Å². The minimum Gasteiger partial charge on any atom is -0.407 e. The molecule has 0 saturated carbocycles. The SMILES string of the molecule is N=C(NC1N=C(c2ccccc2)c2ccccc2NC1=O)OC(=N)c1ccc(-n2ccnc2)cc1. The third kappa shape index (κ3) is 4.69. The molecule has 0 radical (unpaired) electrons. The number of nitrogens with one attached hydrogen (secondary N) is 4. The van der Waals surface area contributed by atoms with Crippen molar-refractivity contribution in [2.45, 2.75) is 6.17 Å². The fraction of sp³-hybridized carbons (Fsp3) is 0.0385. The first kappa shape index (κ1) is 21.8. The van der Waals surface area contributed by atoms with Crippen molar-refractivity contribution >= 4 is 29.2 Å². The van der Waals surface area contributed by atoms with Crippen molar-refractivity contribution in [2.24, 2.45) is 4.99 Å². The van der Waals surface area contributed by atoms with E-state index in [1.54, 1.807) is 30.7 Å². The molecule has 1 aliphatic heterocycles. The Morgan fingerprint density at radius 1 is 0.971 bits per heavy atom. The smallest absolute Gasteiger partial charge is 0.290 e. The highest BCUT2D eigenvalue weighted by Crippen LogP contribution is 2.23. The maximum absolute atomic E-state index is 12.9. The van der Waals surface area contributed by atoms with Crippen LogP contribution in [0.5, 0.6) is 0 Å². The Balaban J connectivity index is 1.34. The molecule has 172 valence electrons. The van der Waals surface area contributed by atoms with Gasteiger partial charge in [0.2, 0.25) is 12.1 Å². The Labute approximate surface area is 201 Å². The van der Waals surface area contributed by atoms with Gasteiger partial charge in [0.15, 0.2) is 0 Å². The standard InChI is InChI=1S/C26H21N7O2/c27-23(18-10-12-19(13-11-18)33-15-14-29-16-33)35-26(28)32-24-25(34)30-21-9-5-4-8-20(21)22(31-24)17-6-2-1-3-7-17/h1-16,24,27H,(H2,28,32)(H,30,34). The first-order valence-electron chi connectivity index (χ1n) is 10.8. The molecule has 1 unspecified atom stereocenters. The van der Waals surface area contributed by atoms with Crippen molar-refractivity contribution in [3.8, 4) is 5.69 Å². The molecule has 0 spiro atoms. The number of para-hydroxylation sites is 1. The minimum atomic E-state index is -1.12. The quantitative estimate of drug-likeness (QED) is 0.272. The number of carbonyl (C=O) groups excluding carboxylic acids is 1. The predicted octanol–water partition coefficient (Wildman–Crippen LogP) is 3.55. The molecule has 2 heterocycles. The van der Waals surface area contributed by atoms with E-state index in [2.05, 4.69) is 20.6 Å². The summed E-state index contributed by atoms with van der Waals surface area (Å²) in [5.41, 5.74) is 4.20. The lowest BCUT2D eigenvalue weighted by Crippen LogP contribution is -2.43. The molecule has 4 aromatic rings. The van der Waals surface area contributed by atoms with Gasteiger partial charge in [-0.1, -0.05) is 48.5 Å². The molecule has 5 rings (SSSR count). The maximum atomic E-state index is 12.9. The average molecular weight is 464 g/mol. The van der Waals surface area contributed by atoms with Crippen molar-refractivity contribution in [3.05, 3.63) is 114 Å². The van der Waals surface area contributed by atoms with E-state index in [4.69, 9.17) is 15.6 Å². The lowest BCUT2D eigenvalue weighted by molar-refractivity contribution is -0.117. The summed E-state index contributed by atoms with van der Waals surface area (Å²) in [5.74, 6) is -0.669. The van der Waals surface area contributed by atoms with E-state index in [1.165, 1.54) is 0 Å². The number of ether oxygens (including phenoxy) is 1. The third-order valence-corrected chi connectivity index (χ3v) is 5.40. The molecule has 9 heteroatoms. The van der Waals surface area contributed by atoms with Gasteiger partial charge in [0.05, 0.1) is 17.7 Å². The highest BCUT2D eigenvalue weighted by Gasteiger charge is 2.27. The number of hydrogen-bond acceptors (Lipinski definition) is 6. The van der Waals surface area contributed by atoms with Gasteiger partial charge in [-0.15, -0.1) is 0 Å². The number of amidine groups is 1. The Kier molecular flexibility index (Phi) is 5.87. The van der Waals surface area contributed by atoms with Crippen LogP contribution in [0.1, 0.15) is 16.7 Å². The summed E-state index contributed by atoms with van der Waals surface area (Å²) in [6.07, 6.45) is 4.05. The predicted molar refractivity (Wildman–Crippen MR) is 133 cm³/mol. The largest absolute Gasteiger partial charge is 0.407 e. The Morgan fingerprint density at radius 3 is 2.46 bits per heavy atom. The molecule has 0 bridgehead atoms. The molecular formula is C26H21N7O2. The van der Waals surface area contributed by atoms with Crippen LogP contribution in [0.25, 0.3) is 5.69 Å². The second kappa shape index (κ2) is 9.44. The molecule has 9 nitrogen and oxygen atoms in total. The molecule has 0 saturated heterocycles. The van der Waals surface area contributed by atoms with E-state index in [0.29, 0.717) is 17.0 Å². The van der Waals surface area contributed by atoms with Gasteiger partial charge >= 0.3 is 0 Å². The van der Waals surface area contributed by atoms with Crippen molar-refractivity contribution in [2.75, 3.05) is 5.32 Å². The van der Waals surface area contributed by atoms with Gasteiger partial charge in [-0.3, -0.25) is 15.6 Å². The summed E-state index contributed by atoms with van der Waals surface area (Å²) in [6, 6.07) is 23.5. The zero-order chi connectivity index (χ0) is 24.2. The Hall–Kier alpha value is -5.05. The molecule has 35 heavy (non-hydrogen) atoms. The van der Waals surface area contributed by atoms with Crippen LogP contribution in [0.4, 0.5) is 5.69 Å². The van der Waals surface area contributed by atoms with Crippen molar-refractivity contribution < 1.29 is 9.53 Å². The van der Waals surface area contributed by atoms with Crippen LogP contribution in [-0.2, 0) is 9.53 Å². The first-order valence-corrected chi connectivity index (χ1v) is 10.8. The number of nitrogens with zero attached hydrogens (tertiary/aromatic N) is 3. The number of benzodiazepines with no additional fused rings is 1. The van der Waals surface area contributed by atoms with Crippen LogP contribution in [0.2, 0.25) is 0 Å². The van der Waals surface area contributed by atoms with Gasteiger partial charge in [-0.2, -0.15) is 0 Å². The van der Waals surface area contributed by atoms with Gasteiger partial charge < -0.3 is 19.9 Å². The van der Waals surface area contributed by atoms with Crippen LogP contribution in [0.15, 0.2) is 103 Å². The molecule has 4 N–H and O–H groups in total. The van der Waals surface area contributed by atoms with Crippen LogP contribution >= 0.6 is 0 Å². The van der Waals surface area contributed by atoms with Gasteiger partial charge in [-0.25, -0.2) is 9.98 Å². The molecule has 3 aromatic carbocycles. The van der Waals surface area contributed by atoms with E-state index in [0.717, 1.165) is 16.8 Å². The topological polar surface area (TPSA) is 128 Å². The normalized spacial score (nSPS) is 14.7. The van der Waals surface area contributed by atoms with Crippen LogP contribution in [-0.4, -0.2) is 39.3 Å². The van der Waals surface area contributed by atoms with Gasteiger partial charge in [0.25, 0.3) is 11.9 Å². The maximum Gasteiger partial charge on any atom is 0.290 e. The Bertz CT molecular complexity index is 1410. The highest BCUT2D eigenvalue weighted by molar-refractivity contribution is 6.19.